The van der Waals surface area contributed by atoms with E-state index in [2.05, 4.69) is 4.98 Å². The van der Waals surface area contributed by atoms with Gasteiger partial charge in [-0.1, -0.05) is 44.2 Å². The lowest BCUT2D eigenvalue weighted by Gasteiger charge is -2.19. The van der Waals surface area contributed by atoms with Gasteiger partial charge in [-0.25, -0.2) is 4.79 Å². The molecule has 8 heteroatoms. The predicted octanol–water partition coefficient (Wildman–Crippen LogP) is 2.47. The van der Waals surface area contributed by atoms with E-state index in [4.69, 9.17) is 9.47 Å². The molecule has 2 aromatic rings. The Morgan fingerprint density at radius 3 is 2.61 bits per heavy atom. The van der Waals surface area contributed by atoms with Gasteiger partial charge in [-0.3, -0.25) is 23.9 Å². The fourth-order valence-electron chi connectivity index (χ4n) is 3.89. The predicted molar refractivity (Wildman–Crippen MR) is 114 cm³/mol. The summed E-state index contributed by atoms with van der Waals surface area (Å²) in [4.78, 5) is 50.7. The number of hydrogen-bond acceptors (Lipinski definition) is 6. The Kier molecular flexibility index (Phi) is 7.22. The first-order chi connectivity index (χ1) is 14.8. The lowest BCUT2D eigenvalue weighted by Crippen LogP contribution is -2.34. The number of ether oxygens (including phenoxy) is 2. The van der Waals surface area contributed by atoms with Crippen molar-refractivity contribution in [3.63, 3.8) is 0 Å². The van der Waals surface area contributed by atoms with Crippen molar-refractivity contribution in [2.75, 3.05) is 0 Å². The fourth-order valence-corrected chi connectivity index (χ4v) is 3.89. The van der Waals surface area contributed by atoms with Crippen molar-refractivity contribution < 1.29 is 19.1 Å². The molecule has 1 aromatic carbocycles. The van der Waals surface area contributed by atoms with Crippen molar-refractivity contribution in [1.82, 2.24) is 9.55 Å². The molecule has 166 valence electrons. The van der Waals surface area contributed by atoms with E-state index in [1.54, 1.807) is 0 Å². The quantitative estimate of drug-likeness (QED) is 0.647. The number of esters is 1. The maximum absolute atomic E-state index is 12.7. The summed E-state index contributed by atoms with van der Waals surface area (Å²) in [7, 11) is 0. The van der Waals surface area contributed by atoms with Crippen LogP contribution < -0.4 is 11.2 Å². The molecule has 1 aliphatic heterocycles. The molecule has 8 nitrogen and oxygen atoms in total. The molecule has 1 fully saturated rings. The number of carbonyl (C=O) groups excluding carboxylic acids is 2. The van der Waals surface area contributed by atoms with Gasteiger partial charge >= 0.3 is 11.7 Å². The third-order valence-electron chi connectivity index (χ3n) is 5.69. The van der Waals surface area contributed by atoms with E-state index in [9.17, 15) is 19.2 Å². The highest BCUT2D eigenvalue weighted by molar-refractivity contribution is 5.85. The van der Waals surface area contributed by atoms with Crippen molar-refractivity contribution in [1.29, 1.82) is 0 Å². The Hall–Kier alpha value is -3.00. The van der Waals surface area contributed by atoms with Crippen molar-refractivity contribution in [3.05, 3.63) is 68.5 Å². The highest BCUT2D eigenvalue weighted by Crippen LogP contribution is 2.33. The van der Waals surface area contributed by atoms with Gasteiger partial charge in [0.1, 0.15) is 18.1 Å². The standard InChI is InChI=1S/C23H28N2O6/c1-4-16-13-25(23(29)24-22(16)28)21-12-20(30-15(3)26)19(31-21)11-10-18(27)14(2)17-8-6-5-7-9-17/h5-9,13-14,19-21H,4,10-12H2,1-3H3,(H,24,28,29)/t14-,19-,20?,21-/m0/s1. The molecule has 1 unspecified atom stereocenters. The monoisotopic (exact) mass is 428 g/mol. The third-order valence-corrected chi connectivity index (χ3v) is 5.69. The average molecular weight is 428 g/mol. The molecule has 0 saturated carbocycles. The van der Waals surface area contributed by atoms with Gasteiger partial charge in [-0.05, 0) is 18.4 Å². The molecule has 0 spiro atoms. The van der Waals surface area contributed by atoms with E-state index in [1.165, 1.54) is 17.7 Å². The Labute approximate surface area is 180 Å². The molecule has 1 aliphatic rings. The van der Waals surface area contributed by atoms with Gasteiger partial charge in [0.05, 0.1) is 6.10 Å². The molecule has 0 aliphatic carbocycles. The Bertz CT molecular complexity index is 1040. The molecule has 1 saturated heterocycles. The number of benzene rings is 1. The highest BCUT2D eigenvalue weighted by atomic mass is 16.6. The Balaban J connectivity index is 1.73. The molecule has 0 radical (unpaired) electrons. The van der Waals surface area contributed by atoms with E-state index in [0.29, 0.717) is 18.4 Å². The lowest BCUT2D eigenvalue weighted by atomic mass is 9.93. The smallest absolute Gasteiger partial charge is 0.330 e. The van der Waals surface area contributed by atoms with E-state index in [-0.39, 0.29) is 24.5 Å². The van der Waals surface area contributed by atoms with Gasteiger partial charge in [0, 0.05) is 37.4 Å². The molecule has 3 rings (SSSR count). The van der Waals surface area contributed by atoms with Gasteiger partial charge in [-0.2, -0.15) is 0 Å². The molecule has 1 N–H and O–H groups in total. The van der Waals surface area contributed by atoms with Crippen LogP contribution in [0.15, 0.2) is 46.1 Å². The van der Waals surface area contributed by atoms with Crippen LogP contribution in [-0.2, 0) is 25.5 Å². The van der Waals surface area contributed by atoms with Crippen molar-refractivity contribution in [3.8, 4) is 0 Å². The van der Waals surface area contributed by atoms with Crippen molar-refractivity contribution in [2.24, 2.45) is 0 Å². The lowest BCUT2D eigenvalue weighted by molar-refractivity contribution is -0.149. The first-order valence-corrected chi connectivity index (χ1v) is 10.5. The second kappa shape index (κ2) is 9.87. The number of carbonyl (C=O) groups is 2. The number of Topliss-reactive ketones (excluding diaryl/α,β-unsaturated/α-hetero) is 1. The summed E-state index contributed by atoms with van der Waals surface area (Å²) in [6.07, 6.45) is 1.05. The minimum Gasteiger partial charge on any atom is -0.460 e. The number of nitrogens with zero attached hydrogens (tertiary/aromatic N) is 1. The zero-order valence-corrected chi connectivity index (χ0v) is 18.0. The Morgan fingerprint density at radius 2 is 1.97 bits per heavy atom. The molecular formula is C23H28N2O6. The molecular weight excluding hydrogens is 400 g/mol. The SMILES string of the molecule is CCc1cn([C@@H]2CC(OC(C)=O)[C@H](CCC(=O)[C@@H](C)c3ccccc3)O2)c(=O)[nH]c1=O. The number of nitrogens with one attached hydrogen (secondary N) is 1. The largest absolute Gasteiger partial charge is 0.460 e. The maximum Gasteiger partial charge on any atom is 0.330 e. The number of rotatable bonds is 8. The first kappa shape index (κ1) is 22.7. The van der Waals surface area contributed by atoms with Gasteiger partial charge < -0.3 is 9.47 Å². The third kappa shape index (κ3) is 5.38. The van der Waals surface area contributed by atoms with Crippen LogP contribution >= 0.6 is 0 Å². The van der Waals surface area contributed by atoms with E-state index < -0.39 is 35.7 Å². The highest BCUT2D eigenvalue weighted by Gasteiger charge is 2.39. The molecule has 31 heavy (non-hydrogen) atoms. The van der Waals surface area contributed by atoms with Crippen LogP contribution in [0, 0.1) is 0 Å². The molecule has 0 bridgehead atoms. The van der Waals surface area contributed by atoms with E-state index in [1.807, 2.05) is 44.2 Å². The second-order valence-electron chi connectivity index (χ2n) is 7.82. The number of hydrogen-bond donors (Lipinski definition) is 1. The number of aromatic amines is 1. The van der Waals surface area contributed by atoms with Crippen LogP contribution in [0.1, 0.15) is 63.3 Å². The maximum atomic E-state index is 12.7. The zero-order valence-electron chi connectivity index (χ0n) is 18.0. The molecule has 1 aromatic heterocycles. The van der Waals surface area contributed by atoms with Crippen LogP contribution in [0.5, 0.6) is 0 Å². The number of aryl methyl sites for hydroxylation is 1. The van der Waals surface area contributed by atoms with Gasteiger partial charge in [-0.15, -0.1) is 0 Å². The van der Waals surface area contributed by atoms with E-state index >= 15 is 0 Å². The summed E-state index contributed by atoms with van der Waals surface area (Å²) in [5.41, 5.74) is 0.405. The molecule has 4 atom stereocenters. The Morgan fingerprint density at radius 1 is 1.26 bits per heavy atom. The minimum atomic E-state index is -0.689. The van der Waals surface area contributed by atoms with Gasteiger partial charge in [0.25, 0.3) is 5.56 Å². The minimum absolute atomic E-state index is 0.0642. The summed E-state index contributed by atoms with van der Waals surface area (Å²) in [6.45, 7) is 5.00. The van der Waals surface area contributed by atoms with Crippen molar-refractivity contribution >= 4 is 11.8 Å². The van der Waals surface area contributed by atoms with Crippen LogP contribution in [0.3, 0.4) is 0 Å². The second-order valence-corrected chi connectivity index (χ2v) is 7.82. The van der Waals surface area contributed by atoms with E-state index in [0.717, 1.165) is 5.56 Å². The molecule has 0 amide bonds. The zero-order chi connectivity index (χ0) is 22.5. The average Bonchev–Trinajstić information content (AvgIpc) is 3.13. The summed E-state index contributed by atoms with van der Waals surface area (Å²) < 4.78 is 12.8. The van der Waals surface area contributed by atoms with Crippen LogP contribution in [-0.4, -0.2) is 33.5 Å². The van der Waals surface area contributed by atoms with Crippen LogP contribution in [0.4, 0.5) is 0 Å². The number of aromatic nitrogens is 2. The summed E-state index contributed by atoms with van der Waals surface area (Å²) in [5, 5.41) is 0. The van der Waals surface area contributed by atoms with Gasteiger partial charge in [0.2, 0.25) is 0 Å². The fraction of sp³-hybridized carbons (Fsp3) is 0.478. The number of H-pyrrole nitrogens is 1. The summed E-state index contributed by atoms with van der Waals surface area (Å²) in [5.74, 6) is -0.639. The topological polar surface area (TPSA) is 107 Å². The number of ketones is 1. The van der Waals surface area contributed by atoms with Crippen LogP contribution in [0.25, 0.3) is 0 Å². The molecule has 2 heterocycles. The normalized spacial score (nSPS) is 21.6. The first-order valence-electron chi connectivity index (χ1n) is 10.5. The van der Waals surface area contributed by atoms with Crippen LogP contribution in [0.2, 0.25) is 0 Å². The summed E-state index contributed by atoms with van der Waals surface area (Å²) >= 11 is 0. The summed E-state index contributed by atoms with van der Waals surface area (Å²) in [6, 6.07) is 9.53. The van der Waals surface area contributed by atoms with Gasteiger partial charge in [0.15, 0.2) is 0 Å². The van der Waals surface area contributed by atoms with Crippen molar-refractivity contribution in [2.45, 2.75) is 70.8 Å².